The third kappa shape index (κ3) is 2.52. The first kappa shape index (κ1) is 9.67. The van der Waals surface area contributed by atoms with E-state index < -0.39 is 12.1 Å². The van der Waals surface area contributed by atoms with Gasteiger partial charge in [-0.2, -0.15) is 0 Å². The molecule has 1 unspecified atom stereocenters. The van der Waals surface area contributed by atoms with Crippen molar-refractivity contribution in [1.29, 1.82) is 0 Å². The molecule has 0 radical (unpaired) electrons. The van der Waals surface area contributed by atoms with E-state index in [1.165, 1.54) is 6.20 Å². The lowest BCUT2D eigenvalue weighted by Crippen LogP contribution is -2.08. The fraction of sp³-hybridized carbons (Fsp3) is 0.333. The van der Waals surface area contributed by atoms with E-state index in [0.29, 0.717) is 5.69 Å². The van der Waals surface area contributed by atoms with Crippen LogP contribution < -0.4 is 0 Å². The number of carbonyl (C=O) groups is 1. The van der Waals surface area contributed by atoms with Crippen molar-refractivity contribution in [1.82, 2.24) is 4.98 Å². The van der Waals surface area contributed by atoms with Gasteiger partial charge in [0, 0.05) is 6.20 Å². The molecule has 1 heterocycles. The molecule has 0 aromatic carbocycles. The molecule has 4 heteroatoms. The molecular formula is C9H11NO3. The van der Waals surface area contributed by atoms with E-state index in [1.54, 1.807) is 19.1 Å². The summed E-state index contributed by atoms with van der Waals surface area (Å²) < 4.78 is 0. The number of carboxylic acid groups (broad SMARTS) is 1. The standard InChI is InChI=1S/C9H11NO3/c1-6-3-2-4-10-9(6)7(11)5-8(12)13/h2-4,7,11H,5H2,1H3,(H,12,13). The Morgan fingerprint density at radius 2 is 2.38 bits per heavy atom. The van der Waals surface area contributed by atoms with Crippen molar-refractivity contribution in [3.8, 4) is 0 Å². The fourth-order valence-corrected chi connectivity index (χ4v) is 1.11. The zero-order chi connectivity index (χ0) is 9.84. The SMILES string of the molecule is Cc1cccnc1C(O)CC(=O)O. The van der Waals surface area contributed by atoms with Gasteiger partial charge in [-0.05, 0) is 18.6 Å². The van der Waals surface area contributed by atoms with Crippen LogP contribution in [-0.4, -0.2) is 21.2 Å². The van der Waals surface area contributed by atoms with Gasteiger partial charge in [-0.25, -0.2) is 0 Å². The highest BCUT2D eigenvalue weighted by Crippen LogP contribution is 2.17. The van der Waals surface area contributed by atoms with Crippen molar-refractivity contribution >= 4 is 5.97 Å². The van der Waals surface area contributed by atoms with Crippen LogP contribution in [0.15, 0.2) is 18.3 Å². The number of aliphatic carboxylic acids is 1. The summed E-state index contributed by atoms with van der Waals surface area (Å²) in [7, 11) is 0. The maximum absolute atomic E-state index is 10.3. The molecule has 0 bridgehead atoms. The summed E-state index contributed by atoms with van der Waals surface area (Å²) in [5.41, 5.74) is 1.24. The number of aryl methyl sites for hydroxylation is 1. The highest BCUT2D eigenvalue weighted by Gasteiger charge is 2.14. The van der Waals surface area contributed by atoms with Gasteiger partial charge in [0.1, 0.15) is 6.10 Å². The van der Waals surface area contributed by atoms with Gasteiger partial charge < -0.3 is 10.2 Å². The third-order valence-corrected chi connectivity index (χ3v) is 1.73. The first-order valence-corrected chi connectivity index (χ1v) is 3.92. The molecule has 0 aliphatic carbocycles. The fourth-order valence-electron chi connectivity index (χ4n) is 1.11. The molecule has 0 saturated heterocycles. The molecule has 1 atom stereocenters. The quantitative estimate of drug-likeness (QED) is 0.726. The number of hydrogen-bond acceptors (Lipinski definition) is 3. The van der Waals surface area contributed by atoms with Gasteiger partial charge in [0.05, 0.1) is 12.1 Å². The summed E-state index contributed by atoms with van der Waals surface area (Å²) in [6, 6.07) is 3.53. The predicted molar refractivity (Wildman–Crippen MR) is 46.2 cm³/mol. The number of aliphatic hydroxyl groups excluding tert-OH is 1. The minimum Gasteiger partial charge on any atom is -0.481 e. The van der Waals surface area contributed by atoms with Gasteiger partial charge in [-0.15, -0.1) is 0 Å². The lowest BCUT2D eigenvalue weighted by Gasteiger charge is -2.09. The van der Waals surface area contributed by atoms with Crippen molar-refractivity contribution < 1.29 is 15.0 Å². The third-order valence-electron chi connectivity index (χ3n) is 1.73. The van der Waals surface area contributed by atoms with Gasteiger partial charge in [0.15, 0.2) is 0 Å². The summed E-state index contributed by atoms with van der Waals surface area (Å²) in [6.45, 7) is 1.79. The van der Waals surface area contributed by atoms with Gasteiger partial charge in [-0.3, -0.25) is 9.78 Å². The zero-order valence-electron chi connectivity index (χ0n) is 7.27. The second-order valence-corrected chi connectivity index (χ2v) is 2.82. The minimum absolute atomic E-state index is 0.308. The van der Waals surface area contributed by atoms with Gasteiger partial charge in [-0.1, -0.05) is 6.07 Å². The van der Waals surface area contributed by atoms with Crippen LogP contribution in [0.3, 0.4) is 0 Å². The molecule has 0 spiro atoms. The second kappa shape index (κ2) is 4.00. The lowest BCUT2D eigenvalue weighted by molar-refractivity contribution is -0.139. The molecule has 1 rings (SSSR count). The zero-order valence-corrected chi connectivity index (χ0v) is 7.27. The first-order chi connectivity index (χ1) is 6.11. The summed E-state index contributed by atoms with van der Waals surface area (Å²) >= 11 is 0. The Hall–Kier alpha value is -1.42. The van der Waals surface area contributed by atoms with Crippen LogP contribution in [0, 0.1) is 6.92 Å². The van der Waals surface area contributed by atoms with E-state index in [2.05, 4.69) is 4.98 Å². The van der Waals surface area contributed by atoms with Crippen LogP contribution in [0.4, 0.5) is 0 Å². The number of aliphatic hydroxyl groups is 1. The number of carboxylic acids is 1. The number of nitrogens with zero attached hydrogens (tertiary/aromatic N) is 1. The molecule has 0 saturated carbocycles. The molecule has 0 aliphatic heterocycles. The van der Waals surface area contributed by atoms with E-state index in [1.807, 2.05) is 0 Å². The van der Waals surface area contributed by atoms with Gasteiger partial charge in [0.2, 0.25) is 0 Å². The largest absolute Gasteiger partial charge is 0.481 e. The second-order valence-electron chi connectivity index (χ2n) is 2.82. The van der Waals surface area contributed by atoms with E-state index in [0.717, 1.165) is 5.56 Å². The molecule has 0 amide bonds. The van der Waals surface area contributed by atoms with Crippen molar-refractivity contribution in [2.45, 2.75) is 19.4 Å². The van der Waals surface area contributed by atoms with Crippen molar-refractivity contribution in [3.63, 3.8) is 0 Å². The number of aromatic nitrogens is 1. The Kier molecular flexibility index (Phi) is 2.97. The molecule has 2 N–H and O–H groups in total. The van der Waals surface area contributed by atoms with Gasteiger partial charge >= 0.3 is 5.97 Å². The van der Waals surface area contributed by atoms with E-state index in [9.17, 15) is 9.90 Å². The molecule has 4 nitrogen and oxygen atoms in total. The predicted octanol–water partition coefficient (Wildman–Crippen LogP) is 0.898. The molecule has 1 aromatic rings. The average Bonchev–Trinajstić information content (AvgIpc) is 2.03. The van der Waals surface area contributed by atoms with Crippen LogP contribution in [0.2, 0.25) is 0 Å². The van der Waals surface area contributed by atoms with Crippen LogP contribution in [0.1, 0.15) is 23.8 Å². The number of pyridine rings is 1. The van der Waals surface area contributed by atoms with E-state index >= 15 is 0 Å². The number of rotatable bonds is 3. The van der Waals surface area contributed by atoms with Crippen LogP contribution in [-0.2, 0) is 4.79 Å². The smallest absolute Gasteiger partial charge is 0.306 e. The topological polar surface area (TPSA) is 70.4 Å². The highest BCUT2D eigenvalue weighted by molar-refractivity contribution is 5.67. The average molecular weight is 181 g/mol. The van der Waals surface area contributed by atoms with Crippen molar-refractivity contribution in [2.24, 2.45) is 0 Å². The summed E-state index contributed by atoms with van der Waals surface area (Å²) in [5.74, 6) is -1.03. The van der Waals surface area contributed by atoms with Crippen LogP contribution in [0.25, 0.3) is 0 Å². The molecular weight excluding hydrogens is 170 g/mol. The maximum Gasteiger partial charge on any atom is 0.306 e. The molecule has 70 valence electrons. The minimum atomic E-state index is -1.03. The molecule has 0 aliphatic rings. The monoisotopic (exact) mass is 181 g/mol. The Labute approximate surface area is 75.9 Å². The van der Waals surface area contributed by atoms with Crippen LogP contribution in [0.5, 0.6) is 0 Å². The Bertz CT molecular complexity index is 311. The maximum atomic E-state index is 10.3. The van der Waals surface area contributed by atoms with E-state index in [4.69, 9.17) is 5.11 Å². The van der Waals surface area contributed by atoms with Crippen molar-refractivity contribution in [3.05, 3.63) is 29.6 Å². The van der Waals surface area contributed by atoms with Gasteiger partial charge in [0.25, 0.3) is 0 Å². The highest BCUT2D eigenvalue weighted by atomic mass is 16.4. The Balaban J connectivity index is 2.82. The van der Waals surface area contributed by atoms with Crippen LogP contribution >= 0.6 is 0 Å². The lowest BCUT2D eigenvalue weighted by atomic mass is 10.1. The summed E-state index contributed by atoms with van der Waals surface area (Å²) in [4.78, 5) is 14.2. The Morgan fingerprint density at radius 3 is 2.92 bits per heavy atom. The Morgan fingerprint density at radius 1 is 1.69 bits per heavy atom. The van der Waals surface area contributed by atoms with E-state index in [-0.39, 0.29) is 6.42 Å². The van der Waals surface area contributed by atoms with Crippen molar-refractivity contribution in [2.75, 3.05) is 0 Å². The molecule has 1 aromatic heterocycles. The normalized spacial score (nSPS) is 12.5. The molecule has 13 heavy (non-hydrogen) atoms. The summed E-state index contributed by atoms with van der Waals surface area (Å²) in [6.07, 6.45) is 0.212. The first-order valence-electron chi connectivity index (χ1n) is 3.92. The summed E-state index contributed by atoms with van der Waals surface area (Å²) in [5, 5.41) is 17.9. The molecule has 0 fully saturated rings. The number of hydrogen-bond donors (Lipinski definition) is 2.